The second-order valence-corrected chi connectivity index (χ2v) is 9.42. The van der Waals surface area contributed by atoms with E-state index in [2.05, 4.69) is 13.8 Å². The highest BCUT2D eigenvalue weighted by atomic mass is 16.5. The van der Waals surface area contributed by atoms with Crippen LogP contribution >= 0.6 is 0 Å². The Hall–Kier alpha value is -1.06. The molecule has 0 aromatic heterocycles. The largest absolute Gasteiger partial charge is 0.481 e. The number of hydrogen-bond acceptors (Lipinski definition) is 3. The number of unbranched alkanes of at least 4 members (excludes halogenated alkanes) is 11. The number of aliphatic carboxylic acids is 1. The van der Waals surface area contributed by atoms with Crippen LogP contribution in [0.5, 0.6) is 0 Å². The first kappa shape index (κ1) is 27.0. The summed E-state index contributed by atoms with van der Waals surface area (Å²) in [4.78, 5) is 24.0. The molecule has 0 heterocycles. The molecular weight excluding hydrogens is 376 g/mol. The van der Waals surface area contributed by atoms with E-state index >= 15 is 0 Å². The molecule has 3 atom stereocenters. The third-order valence-electron chi connectivity index (χ3n) is 6.65. The lowest BCUT2D eigenvalue weighted by Gasteiger charge is -2.27. The number of hydrogen-bond donors (Lipinski definition) is 1. The molecule has 176 valence electrons. The van der Waals surface area contributed by atoms with Gasteiger partial charge in [-0.05, 0) is 44.9 Å². The third-order valence-corrected chi connectivity index (χ3v) is 6.65. The maximum absolute atomic E-state index is 12.7. The molecule has 1 aliphatic carbocycles. The minimum absolute atomic E-state index is 0.0177. The number of carboxylic acids is 1. The van der Waals surface area contributed by atoms with Crippen molar-refractivity contribution in [3.05, 3.63) is 0 Å². The molecule has 4 heteroatoms. The molecule has 0 aromatic rings. The van der Waals surface area contributed by atoms with E-state index in [0.717, 1.165) is 38.5 Å². The van der Waals surface area contributed by atoms with E-state index in [4.69, 9.17) is 4.74 Å². The molecule has 1 aliphatic rings. The Morgan fingerprint density at radius 1 is 0.767 bits per heavy atom. The highest BCUT2D eigenvalue weighted by molar-refractivity contribution is 5.75. The van der Waals surface area contributed by atoms with Gasteiger partial charge in [0, 0.05) is 0 Å². The topological polar surface area (TPSA) is 63.6 Å². The number of carbonyl (C=O) groups excluding carboxylic acids is 1. The van der Waals surface area contributed by atoms with E-state index in [-0.39, 0.29) is 23.9 Å². The Bertz CT molecular complexity index is 448. The molecule has 0 spiro atoms. The minimum Gasteiger partial charge on any atom is -0.481 e. The molecule has 0 saturated heterocycles. The van der Waals surface area contributed by atoms with Gasteiger partial charge in [0.25, 0.3) is 0 Å². The molecule has 1 saturated carbocycles. The van der Waals surface area contributed by atoms with E-state index in [0.29, 0.717) is 12.8 Å². The van der Waals surface area contributed by atoms with Crippen molar-refractivity contribution in [1.82, 2.24) is 0 Å². The maximum Gasteiger partial charge on any atom is 0.309 e. The molecule has 30 heavy (non-hydrogen) atoms. The second-order valence-electron chi connectivity index (χ2n) is 9.42. The molecule has 0 amide bonds. The summed E-state index contributed by atoms with van der Waals surface area (Å²) in [5, 5.41) is 9.28. The van der Waals surface area contributed by atoms with Crippen molar-refractivity contribution in [2.45, 2.75) is 142 Å². The molecule has 0 bridgehead atoms. The lowest BCUT2D eigenvalue weighted by molar-refractivity contribution is -0.158. The fourth-order valence-electron chi connectivity index (χ4n) is 4.63. The Labute approximate surface area is 185 Å². The number of ether oxygens (including phenoxy) is 1. The SMILES string of the molecule is CCCCCCCCCCCC(CCCCCC)OC(=O)C1CCCC(C(=O)O)C1. The van der Waals surface area contributed by atoms with Crippen LogP contribution in [0.4, 0.5) is 0 Å². The maximum atomic E-state index is 12.7. The summed E-state index contributed by atoms with van der Waals surface area (Å²) in [7, 11) is 0. The van der Waals surface area contributed by atoms with Gasteiger partial charge < -0.3 is 9.84 Å². The monoisotopic (exact) mass is 424 g/mol. The van der Waals surface area contributed by atoms with Gasteiger partial charge in [0.05, 0.1) is 11.8 Å². The summed E-state index contributed by atoms with van der Waals surface area (Å²) in [6.45, 7) is 4.46. The molecule has 0 aromatic carbocycles. The Morgan fingerprint density at radius 3 is 1.77 bits per heavy atom. The molecule has 1 rings (SSSR count). The van der Waals surface area contributed by atoms with Crippen molar-refractivity contribution in [3.63, 3.8) is 0 Å². The van der Waals surface area contributed by atoms with Crippen molar-refractivity contribution in [3.8, 4) is 0 Å². The summed E-state index contributed by atoms with van der Waals surface area (Å²) in [5.41, 5.74) is 0. The van der Waals surface area contributed by atoms with Gasteiger partial charge in [-0.2, -0.15) is 0 Å². The first-order chi connectivity index (χ1) is 14.6. The van der Waals surface area contributed by atoms with E-state index < -0.39 is 5.97 Å². The number of rotatable bonds is 18. The van der Waals surface area contributed by atoms with Gasteiger partial charge in [-0.25, -0.2) is 0 Å². The van der Waals surface area contributed by atoms with Gasteiger partial charge in [0.2, 0.25) is 0 Å². The molecule has 0 aliphatic heterocycles. The Morgan fingerprint density at radius 2 is 1.23 bits per heavy atom. The second kappa shape index (κ2) is 17.6. The minimum atomic E-state index is -0.765. The smallest absolute Gasteiger partial charge is 0.309 e. The number of carboxylic acid groups (broad SMARTS) is 1. The van der Waals surface area contributed by atoms with Crippen LogP contribution in [0.25, 0.3) is 0 Å². The standard InChI is InChI=1S/C26H48O4/c1-3-5-7-9-10-11-12-13-15-20-24(19-14-8-6-4-2)30-26(29)23-18-16-17-22(21-23)25(27)28/h22-24H,3-21H2,1-2H3,(H,27,28). The van der Waals surface area contributed by atoms with Crippen molar-refractivity contribution >= 4 is 11.9 Å². The van der Waals surface area contributed by atoms with Crippen molar-refractivity contribution in [2.75, 3.05) is 0 Å². The summed E-state index contributed by atoms with van der Waals surface area (Å²) in [5.74, 6) is -1.51. The van der Waals surface area contributed by atoms with Crippen LogP contribution in [0, 0.1) is 11.8 Å². The van der Waals surface area contributed by atoms with Crippen LogP contribution in [0.15, 0.2) is 0 Å². The molecule has 1 fully saturated rings. The molecule has 0 radical (unpaired) electrons. The highest BCUT2D eigenvalue weighted by Gasteiger charge is 2.32. The van der Waals surface area contributed by atoms with Crippen molar-refractivity contribution < 1.29 is 19.4 Å². The summed E-state index contributed by atoms with van der Waals surface area (Å²) >= 11 is 0. The zero-order chi connectivity index (χ0) is 22.0. The lowest BCUT2D eigenvalue weighted by atomic mass is 9.81. The zero-order valence-electron chi connectivity index (χ0n) is 19.8. The Balaban J connectivity index is 2.33. The van der Waals surface area contributed by atoms with Crippen LogP contribution in [-0.4, -0.2) is 23.1 Å². The number of carbonyl (C=O) groups is 2. The average molecular weight is 425 g/mol. The van der Waals surface area contributed by atoms with E-state index in [9.17, 15) is 14.7 Å². The van der Waals surface area contributed by atoms with Crippen LogP contribution < -0.4 is 0 Å². The fourth-order valence-corrected chi connectivity index (χ4v) is 4.63. The molecule has 3 unspecified atom stereocenters. The van der Waals surface area contributed by atoms with Gasteiger partial charge in [-0.1, -0.05) is 90.9 Å². The quantitative estimate of drug-likeness (QED) is 0.181. The van der Waals surface area contributed by atoms with Crippen molar-refractivity contribution in [2.24, 2.45) is 11.8 Å². The predicted molar refractivity (Wildman–Crippen MR) is 124 cm³/mol. The van der Waals surface area contributed by atoms with Gasteiger partial charge in [-0.15, -0.1) is 0 Å². The first-order valence-corrected chi connectivity index (χ1v) is 13.0. The van der Waals surface area contributed by atoms with Crippen LogP contribution in [-0.2, 0) is 14.3 Å². The normalized spacial score (nSPS) is 20.1. The summed E-state index contributed by atoms with van der Waals surface area (Å²) in [6, 6.07) is 0. The molecular formula is C26H48O4. The summed E-state index contributed by atoms with van der Waals surface area (Å²) in [6.07, 6.45) is 21.1. The van der Waals surface area contributed by atoms with E-state index in [1.165, 1.54) is 70.6 Å². The highest BCUT2D eigenvalue weighted by Crippen LogP contribution is 2.31. The molecule has 4 nitrogen and oxygen atoms in total. The van der Waals surface area contributed by atoms with Gasteiger partial charge in [0.15, 0.2) is 0 Å². The van der Waals surface area contributed by atoms with Crippen molar-refractivity contribution in [1.29, 1.82) is 0 Å². The van der Waals surface area contributed by atoms with Gasteiger partial charge in [0.1, 0.15) is 6.10 Å². The van der Waals surface area contributed by atoms with Crippen LogP contribution in [0.3, 0.4) is 0 Å². The lowest BCUT2D eigenvalue weighted by Crippen LogP contribution is -2.31. The fraction of sp³-hybridized carbons (Fsp3) is 0.923. The van der Waals surface area contributed by atoms with Crippen LogP contribution in [0.2, 0.25) is 0 Å². The Kier molecular flexibility index (Phi) is 15.8. The van der Waals surface area contributed by atoms with Gasteiger partial charge >= 0.3 is 11.9 Å². The van der Waals surface area contributed by atoms with E-state index in [1.54, 1.807) is 0 Å². The molecule has 1 N–H and O–H groups in total. The van der Waals surface area contributed by atoms with Crippen LogP contribution in [0.1, 0.15) is 136 Å². The third kappa shape index (κ3) is 12.6. The first-order valence-electron chi connectivity index (χ1n) is 13.0. The summed E-state index contributed by atoms with van der Waals surface area (Å²) < 4.78 is 5.94. The zero-order valence-corrected chi connectivity index (χ0v) is 19.8. The van der Waals surface area contributed by atoms with E-state index in [1.807, 2.05) is 0 Å². The number of esters is 1. The average Bonchev–Trinajstić information content (AvgIpc) is 2.75. The predicted octanol–water partition coefficient (Wildman–Crippen LogP) is 7.68. The van der Waals surface area contributed by atoms with Gasteiger partial charge in [-0.3, -0.25) is 9.59 Å².